The van der Waals surface area contributed by atoms with Gasteiger partial charge in [-0.3, -0.25) is 14.4 Å². The average molecular weight is 352 g/mol. The maximum Gasteiger partial charge on any atom is 0.306 e. The van der Waals surface area contributed by atoms with Crippen LogP contribution in [0.15, 0.2) is 23.8 Å². The van der Waals surface area contributed by atoms with Crippen LogP contribution in [-0.4, -0.2) is 35.2 Å². The molecule has 0 aliphatic heterocycles. The summed E-state index contributed by atoms with van der Waals surface area (Å²) in [5.41, 5.74) is 1.61. The number of allylic oxidation sites excluding steroid dienone is 2. The van der Waals surface area contributed by atoms with Crippen molar-refractivity contribution in [1.82, 2.24) is 0 Å². The molecule has 0 amide bonds. The summed E-state index contributed by atoms with van der Waals surface area (Å²) in [7, 11) is 0. The Morgan fingerprint density at radius 2 is 1.76 bits per heavy atom. The molecule has 1 rings (SSSR count). The van der Waals surface area contributed by atoms with E-state index < -0.39 is 36.0 Å². The van der Waals surface area contributed by atoms with E-state index in [2.05, 4.69) is 6.58 Å². The van der Waals surface area contributed by atoms with E-state index in [9.17, 15) is 19.5 Å². The van der Waals surface area contributed by atoms with E-state index in [0.29, 0.717) is 31.3 Å². The van der Waals surface area contributed by atoms with Crippen LogP contribution in [0.3, 0.4) is 0 Å². The first kappa shape index (κ1) is 20.9. The van der Waals surface area contributed by atoms with Crippen LogP contribution in [-0.2, 0) is 23.9 Å². The molecule has 1 N–H and O–H groups in total. The van der Waals surface area contributed by atoms with Crippen LogP contribution in [0.25, 0.3) is 0 Å². The highest BCUT2D eigenvalue weighted by Crippen LogP contribution is 2.31. The minimum atomic E-state index is -0.892. The summed E-state index contributed by atoms with van der Waals surface area (Å²) in [6.07, 6.45) is 2.93. The maximum atomic E-state index is 11.5. The third kappa shape index (κ3) is 6.72. The van der Waals surface area contributed by atoms with E-state index >= 15 is 0 Å². The summed E-state index contributed by atoms with van der Waals surface area (Å²) in [5.74, 6) is -2.61. The first-order chi connectivity index (χ1) is 11.6. The van der Waals surface area contributed by atoms with E-state index in [1.165, 1.54) is 13.8 Å². The fourth-order valence-corrected chi connectivity index (χ4v) is 3.00. The lowest BCUT2D eigenvalue weighted by molar-refractivity contribution is -0.149. The predicted molar refractivity (Wildman–Crippen MR) is 92.8 cm³/mol. The van der Waals surface area contributed by atoms with Crippen molar-refractivity contribution >= 4 is 17.9 Å². The summed E-state index contributed by atoms with van der Waals surface area (Å²) in [4.78, 5) is 34.4. The number of hydrogen-bond donors (Lipinski definition) is 1. The third-order valence-corrected chi connectivity index (χ3v) is 4.63. The summed E-state index contributed by atoms with van der Waals surface area (Å²) in [6.45, 7) is 10.2. The van der Waals surface area contributed by atoms with Crippen LogP contribution < -0.4 is 0 Å². The molecule has 1 aliphatic carbocycles. The Morgan fingerprint density at radius 1 is 1.20 bits per heavy atom. The Morgan fingerprint density at radius 3 is 2.28 bits per heavy atom. The van der Waals surface area contributed by atoms with E-state index in [4.69, 9.17) is 9.47 Å². The van der Waals surface area contributed by atoms with Crippen molar-refractivity contribution in [3.05, 3.63) is 23.8 Å². The highest BCUT2D eigenvalue weighted by Gasteiger charge is 2.32. The lowest BCUT2D eigenvalue weighted by atomic mass is 9.81. The Kier molecular flexibility index (Phi) is 7.87. The lowest BCUT2D eigenvalue weighted by Crippen LogP contribution is -2.33. The second-order valence-electron chi connectivity index (χ2n) is 6.72. The molecule has 0 aromatic carbocycles. The molecule has 25 heavy (non-hydrogen) atoms. The van der Waals surface area contributed by atoms with Gasteiger partial charge in [0.1, 0.15) is 12.2 Å². The Bertz CT molecular complexity index is 562. The normalized spacial score (nSPS) is 28.2. The molecule has 0 saturated carbocycles. The zero-order chi connectivity index (χ0) is 19.1. The van der Waals surface area contributed by atoms with Crippen LogP contribution in [0.5, 0.6) is 0 Å². The molecule has 4 atom stereocenters. The highest BCUT2D eigenvalue weighted by molar-refractivity contribution is 5.70. The minimum absolute atomic E-state index is 0.218. The summed E-state index contributed by atoms with van der Waals surface area (Å²) in [5, 5.41) is 9.37. The number of carboxylic acid groups (broad SMARTS) is 1. The van der Waals surface area contributed by atoms with E-state index in [1.54, 1.807) is 6.92 Å². The predicted octanol–water partition coefficient (Wildman–Crippen LogP) is 3.26. The van der Waals surface area contributed by atoms with Crippen LogP contribution in [0.4, 0.5) is 0 Å². The van der Waals surface area contributed by atoms with Crippen molar-refractivity contribution in [3.63, 3.8) is 0 Å². The molecule has 3 unspecified atom stereocenters. The van der Waals surface area contributed by atoms with Gasteiger partial charge in [-0.15, -0.1) is 0 Å². The fraction of sp³-hybridized carbons (Fsp3) is 0.632. The zero-order valence-electron chi connectivity index (χ0n) is 15.4. The lowest BCUT2D eigenvalue weighted by Gasteiger charge is -2.31. The average Bonchev–Trinajstić information content (AvgIpc) is 2.51. The van der Waals surface area contributed by atoms with Gasteiger partial charge >= 0.3 is 17.9 Å². The molecule has 0 fully saturated rings. The molecular weight excluding hydrogens is 324 g/mol. The number of hydrogen-bond acceptors (Lipinski definition) is 5. The molecule has 0 aromatic rings. The number of esters is 2. The molecule has 0 radical (unpaired) electrons. The molecule has 0 heterocycles. The molecule has 1 aliphatic rings. The maximum absolute atomic E-state index is 11.5. The smallest absolute Gasteiger partial charge is 0.306 e. The van der Waals surface area contributed by atoms with Gasteiger partial charge in [0, 0.05) is 19.4 Å². The fourth-order valence-electron chi connectivity index (χ4n) is 3.00. The van der Waals surface area contributed by atoms with Gasteiger partial charge in [0.25, 0.3) is 0 Å². The van der Waals surface area contributed by atoms with Crippen molar-refractivity contribution < 1.29 is 29.0 Å². The van der Waals surface area contributed by atoms with Crippen molar-refractivity contribution in [2.45, 2.75) is 65.6 Å². The van der Waals surface area contributed by atoms with E-state index in [1.807, 2.05) is 13.0 Å². The number of carbonyl (C=O) groups is 3. The standard InChI is InChI=1S/C19H28O6/c1-11-6-8-16(12(2)19(22)23)10-18(25-15(5)21)13(3)17(9-7-11)24-14(4)20/h6,12,16-18H,3,7-10H2,1-2,4-5H3,(H,22,23)/b11-6+/t12-,16?,17?,18?/m0/s1. The van der Waals surface area contributed by atoms with Gasteiger partial charge in [-0.2, -0.15) is 0 Å². The largest absolute Gasteiger partial charge is 0.481 e. The topological polar surface area (TPSA) is 89.9 Å². The van der Waals surface area contributed by atoms with Crippen molar-refractivity contribution in [3.8, 4) is 0 Å². The van der Waals surface area contributed by atoms with Crippen LogP contribution >= 0.6 is 0 Å². The Balaban J connectivity index is 3.18. The quantitative estimate of drug-likeness (QED) is 0.617. The first-order valence-electron chi connectivity index (χ1n) is 8.53. The summed E-state index contributed by atoms with van der Waals surface area (Å²) in [6, 6.07) is 0. The zero-order valence-corrected chi connectivity index (χ0v) is 15.4. The molecule has 6 heteroatoms. The second kappa shape index (κ2) is 9.39. The van der Waals surface area contributed by atoms with Gasteiger partial charge in [-0.05, 0) is 38.5 Å². The molecular formula is C19H28O6. The number of ether oxygens (including phenoxy) is 2. The Labute approximate surface area is 148 Å². The third-order valence-electron chi connectivity index (χ3n) is 4.63. The first-order valence-corrected chi connectivity index (χ1v) is 8.53. The second-order valence-corrected chi connectivity index (χ2v) is 6.72. The molecule has 0 bridgehead atoms. The van der Waals surface area contributed by atoms with Gasteiger partial charge in [0.2, 0.25) is 0 Å². The van der Waals surface area contributed by atoms with Crippen LogP contribution in [0, 0.1) is 11.8 Å². The SMILES string of the molecule is C=C1C(OC(C)=O)CC/C(C)=C/CC([C@H](C)C(=O)O)CC1OC(C)=O. The molecule has 0 saturated heterocycles. The van der Waals surface area contributed by atoms with Crippen LogP contribution in [0.1, 0.15) is 53.4 Å². The van der Waals surface area contributed by atoms with Gasteiger partial charge in [-0.1, -0.05) is 25.2 Å². The van der Waals surface area contributed by atoms with Gasteiger partial charge in [-0.25, -0.2) is 0 Å². The highest BCUT2D eigenvalue weighted by atomic mass is 16.6. The summed E-state index contributed by atoms with van der Waals surface area (Å²) < 4.78 is 10.8. The van der Waals surface area contributed by atoms with Crippen molar-refractivity contribution in [2.24, 2.45) is 11.8 Å². The van der Waals surface area contributed by atoms with Gasteiger partial charge < -0.3 is 14.6 Å². The monoisotopic (exact) mass is 352 g/mol. The molecule has 140 valence electrons. The summed E-state index contributed by atoms with van der Waals surface area (Å²) >= 11 is 0. The Hall–Kier alpha value is -2.11. The van der Waals surface area contributed by atoms with Gasteiger partial charge in [0.05, 0.1) is 5.92 Å². The number of carbonyl (C=O) groups excluding carboxylic acids is 2. The number of aliphatic carboxylic acids is 1. The molecule has 0 aromatic heterocycles. The van der Waals surface area contributed by atoms with E-state index in [0.717, 1.165) is 5.57 Å². The van der Waals surface area contributed by atoms with Crippen molar-refractivity contribution in [2.75, 3.05) is 0 Å². The van der Waals surface area contributed by atoms with Crippen LogP contribution in [0.2, 0.25) is 0 Å². The van der Waals surface area contributed by atoms with Crippen molar-refractivity contribution in [1.29, 1.82) is 0 Å². The minimum Gasteiger partial charge on any atom is -0.481 e. The molecule has 0 spiro atoms. The number of carboxylic acids is 1. The van der Waals surface area contributed by atoms with Gasteiger partial charge in [0.15, 0.2) is 0 Å². The van der Waals surface area contributed by atoms with E-state index in [-0.39, 0.29) is 5.92 Å². The molecule has 6 nitrogen and oxygen atoms in total. The number of rotatable bonds is 4.